The Hall–Kier alpha value is -1.89. The smallest absolute Gasteiger partial charge is 0.221 e. The Balaban J connectivity index is 3.08. The molecule has 1 N–H and O–H groups in total. The highest BCUT2D eigenvalue weighted by Crippen LogP contribution is 2.19. The van der Waals surface area contributed by atoms with Gasteiger partial charge in [-0.1, -0.05) is 6.07 Å². The number of halogens is 1. The molecule has 0 aliphatic carbocycles. The van der Waals surface area contributed by atoms with Gasteiger partial charge >= 0.3 is 0 Å². The minimum atomic E-state index is -0.474. The van der Waals surface area contributed by atoms with E-state index < -0.39 is 5.82 Å². The standard InChI is InChI=1S/C10H9FN2O/c1-7(14)13-10-4-2-3-9(11)8(10)5-6-12/h2-4H,5H2,1H3,(H,13,14). The molecule has 1 aromatic rings. The Morgan fingerprint density at radius 1 is 1.64 bits per heavy atom. The molecule has 1 rings (SSSR count). The summed E-state index contributed by atoms with van der Waals surface area (Å²) in [5.74, 6) is -0.757. The third-order valence-electron chi connectivity index (χ3n) is 1.69. The molecular formula is C10H9FN2O. The summed E-state index contributed by atoms with van der Waals surface area (Å²) in [6.45, 7) is 1.33. The molecule has 72 valence electrons. The first-order valence-electron chi connectivity index (χ1n) is 4.07. The van der Waals surface area contributed by atoms with E-state index in [9.17, 15) is 9.18 Å². The molecule has 4 heteroatoms. The van der Waals surface area contributed by atoms with Gasteiger partial charge in [0.1, 0.15) is 5.82 Å². The number of benzene rings is 1. The molecule has 0 saturated heterocycles. The van der Waals surface area contributed by atoms with Crippen LogP contribution in [0.2, 0.25) is 0 Å². The summed E-state index contributed by atoms with van der Waals surface area (Å²) in [4.78, 5) is 10.8. The molecule has 0 bridgehead atoms. The van der Waals surface area contributed by atoms with E-state index in [4.69, 9.17) is 5.26 Å². The molecular weight excluding hydrogens is 183 g/mol. The number of anilines is 1. The van der Waals surface area contributed by atoms with Gasteiger partial charge in [-0.15, -0.1) is 0 Å². The Bertz CT molecular complexity index is 396. The Kier molecular flexibility index (Phi) is 3.19. The van der Waals surface area contributed by atoms with E-state index in [2.05, 4.69) is 5.32 Å². The fourth-order valence-electron chi connectivity index (χ4n) is 1.12. The molecule has 0 fully saturated rings. The lowest BCUT2D eigenvalue weighted by Gasteiger charge is -2.07. The number of nitriles is 1. The minimum absolute atomic E-state index is 0.0533. The number of nitrogens with one attached hydrogen (secondary N) is 1. The lowest BCUT2D eigenvalue weighted by molar-refractivity contribution is -0.114. The first kappa shape index (κ1) is 10.2. The normalized spacial score (nSPS) is 9.21. The van der Waals surface area contributed by atoms with E-state index in [0.29, 0.717) is 5.69 Å². The summed E-state index contributed by atoms with van der Waals surface area (Å²) in [5.41, 5.74) is 0.587. The van der Waals surface area contributed by atoms with Crippen molar-refractivity contribution in [2.24, 2.45) is 0 Å². The number of carbonyl (C=O) groups is 1. The van der Waals surface area contributed by atoms with Crippen LogP contribution >= 0.6 is 0 Å². The minimum Gasteiger partial charge on any atom is -0.326 e. The second kappa shape index (κ2) is 4.38. The van der Waals surface area contributed by atoms with Crippen molar-refractivity contribution in [1.29, 1.82) is 5.26 Å². The molecule has 0 radical (unpaired) electrons. The topological polar surface area (TPSA) is 52.9 Å². The summed E-state index contributed by atoms with van der Waals surface area (Å²) in [5, 5.41) is 10.9. The molecule has 0 heterocycles. The highest BCUT2D eigenvalue weighted by atomic mass is 19.1. The maximum absolute atomic E-state index is 13.2. The number of amides is 1. The van der Waals surface area contributed by atoms with Crippen molar-refractivity contribution in [3.05, 3.63) is 29.6 Å². The number of rotatable bonds is 2. The lowest BCUT2D eigenvalue weighted by Crippen LogP contribution is -2.08. The van der Waals surface area contributed by atoms with Crippen LogP contribution in [0, 0.1) is 17.1 Å². The average molecular weight is 192 g/mol. The van der Waals surface area contributed by atoms with E-state index in [0.717, 1.165) is 0 Å². The van der Waals surface area contributed by atoms with Gasteiger partial charge in [0, 0.05) is 18.2 Å². The molecule has 0 saturated carbocycles. The maximum atomic E-state index is 13.2. The van der Waals surface area contributed by atoms with Crippen molar-refractivity contribution in [2.45, 2.75) is 13.3 Å². The summed E-state index contributed by atoms with van der Waals surface area (Å²) >= 11 is 0. The number of nitrogens with zero attached hydrogens (tertiary/aromatic N) is 1. The van der Waals surface area contributed by atoms with Crippen molar-refractivity contribution in [1.82, 2.24) is 0 Å². The van der Waals surface area contributed by atoms with Crippen LogP contribution in [-0.4, -0.2) is 5.91 Å². The van der Waals surface area contributed by atoms with E-state index in [1.165, 1.54) is 19.1 Å². The van der Waals surface area contributed by atoms with Crippen LogP contribution < -0.4 is 5.32 Å². The molecule has 0 spiro atoms. The van der Waals surface area contributed by atoms with Crippen molar-refractivity contribution in [2.75, 3.05) is 5.32 Å². The number of hydrogen-bond donors (Lipinski definition) is 1. The van der Waals surface area contributed by atoms with E-state index in [1.807, 2.05) is 6.07 Å². The number of carbonyl (C=O) groups excluding carboxylic acids is 1. The van der Waals surface area contributed by atoms with Gasteiger partial charge < -0.3 is 5.32 Å². The highest BCUT2D eigenvalue weighted by molar-refractivity contribution is 5.89. The molecule has 0 aliphatic heterocycles. The average Bonchev–Trinajstić information content (AvgIpc) is 2.10. The van der Waals surface area contributed by atoms with E-state index in [-0.39, 0.29) is 17.9 Å². The molecule has 3 nitrogen and oxygen atoms in total. The quantitative estimate of drug-likeness (QED) is 0.777. The molecule has 0 aliphatic rings. The second-order valence-electron chi connectivity index (χ2n) is 2.78. The van der Waals surface area contributed by atoms with Gasteiger partial charge in [0.05, 0.1) is 12.5 Å². The van der Waals surface area contributed by atoms with Gasteiger partial charge in [-0.25, -0.2) is 4.39 Å². The Morgan fingerprint density at radius 2 is 2.36 bits per heavy atom. The van der Waals surface area contributed by atoms with Crippen molar-refractivity contribution in [3.63, 3.8) is 0 Å². The SMILES string of the molecule is CC(=O)Nc1cccc(F)c1CC#N. The van der Waals surface area contributed by atoms with Crippen LogP contribution in [-0.2, 0) is 11.2 Å². The van der Waals surface area contributed by atoms with Crippen LogP contribution in [0.3, 0.4) is 0 Å². The van der Waals surface area contributed by atoms with E-state index in [1.54, 1.807) is 6.07 Å². The van der Waals surface area contributed by atoms with Crippen LogP contribution in [0.25, 0.3) is 0 Å². The summed E-state index contributed by atoms with van der Waals surface area (Å²) in [6.07, 6.45) is -0.0533. The Labute approximate surface area is 81.2 Å². The zero-order valence-electron chi connectivity index (χ0n) is 7.67. The maximum Gasteiger partial charge on any atom is 0.221 e. The summed E-state index contributed by atoms with van der Waals surface area (Å²) < 4.78 is 13.2. The highest BCUT2D eigenvalue weighted by Gasteiger charge is 2.08. The van der Waals surface area contributed by atoms with Crippen molar-refractivity contribution < 1.29 is 9.18 Å². The second-order valence-corrected chi connectivity index (χ2v) is 2.78. The van der Waals surface area contributed by atoms with Crippen LogP contribution in [0.5, 0.6) is 0 Å². The molecule has 1 aromatic carbocycles. The van der Waals surface area contributed by atoms with Gasteiger partial charge in [-0.05, 0) is 12.1 Å². The van der Waals surface area contributed by atoms with Gasteiger partial charge in [-0.3, -0.25) is 4.79 Å². The van der Waals surface area contributed by atoms with Crippen molar-refractivity contribution in [3.8, 4) is 6.07 Å². The summed E-state index contributed by atoms with van der Waals surface area (Å²) in [6, 6.07) is 6.16. The molecule has 0 unspecified atom stereocenters. The van der Waals surface area contributed by atoms with Gasteiger partial charge in [-0.2, -0.15) is 5.26 Å². The van der Waals surface area contributed by atoms with Crippen molar-refractivity contribution >= 4 is 11.6 Å². The fourth-order valence-corrected chi connectivity index (χ4v) is 1.12. The first-order valence-corrected chi connectivity index (χ1v) is 4.07. The van der Waals surface area contributed by atoms with E-state index >= 15 is 0 Å². The van der Waals surface area contributed by atoms with Gasteiger partial charge in [0.2, 0.25) is 5.91 Å². The third kappa shape index (κ3) is 2.30. The Morgan fingerprint density at radius 3 is 2.93 bits per heavy atom. The zero-order valence-corrected chi connectivity index (χ0v) is 7.67. The molecule has 0 aromatic heterocycles. The number of hydrogen-bond acceptors (Lipinski definition) is 2. The predicted molar refractivity (Wildman–Crippen MR) is 50.0 cm³/mol. The van der Waals surface area contributed by atoms with Crippen LogP contribution in [0.4, 0.5) is 10.1 Å². The van der Waals surface area contributed by atoms with Crippen LogP contribution in [0.1, 0.15) is 12.5 Å². The molecule has 1 amide bonds. The van der Waals surface area contributed by atoms with Crippen LogP contribution in [0.15, 0.2) is 18.2 Å². The van der Waals surface area contributed by atoms with Gasteiger partial charge in [0.25, 0.3) is 0 Å². The first-order chi connectivity index (χ1) is 6.65. The lowest BCUT2D eigenvalue weighted by atomic mass is 10.1. The predicted octanol–water partition coefficient (Wildman–Crippen LogP) is 1.85. The monoisotopic (exact) mass is 192 g/mol. The molecule has 14 heavy (non-hydrogen) atoms. The fraction of sp³-hybridized carbons (Fsp3) is 0.200. The van der Waals surface area contributed by atoms with Gasteiger partial charge in [0.15, 0.2) is 0 Å². The largest absolute Gasteiger partial charge is 0.326 e. The summed E-state index contributed by atoms with van der Waals surface area (Å²) in [7, 11) is 0. The zero-order chi connectivity index (χ0) is 10.6. The molecule has 0 atom stereocenters. The third-order valence-corrected chi connectivity index (χ3v) is 1.69.